The molecule has 1 heterocycles. The number of nitrogens with zero attached hydrogens (tertiary/aromatic N) is 2. The number of hydrogen-bond acceptors (Lipinski definition) is 4. The molecule has 1 unspecified atom stereocenters. The number of benzene rings is 2. The summed E-state index contributed by atoms with van der Waals surface area (Å²) in [4.78, 5) is 12.5. The van der Waals surface area contributed by atoms with Crippen LogP contribution in [0.25, 0.3) is 0 Å². The predicted molar refractivity (Wildman–Crippen MR) is 96.8 cm³/mol. The number of carbonyl (C=O) groups is 1. The van der Waals surface area contributed by atoms with Crippen molar-refractivity contribution >= 4 is 11.6 Å². The third kappa shape index (κ3) is 4.24. The molecule has 1 amide bonds. The summed E-state index contributed by atoms with van der Waals surface area (Å²) in [5.74, 6) is -1.43. The zero-order valence-electron chi connectivity index (χ0n) is 15.6. The van der Waals surface area contributed by atoms with Crippen LogP contribution in [0, 0.1) is 19.7 Å². The SMILES string of the molecule is Cc1cc(C)cc(OCC(=O)N2N=C(c3ccc(F)cc3)CC2(O)C(F)(F)F)c1. The van der Waals surface area contributed by atoms with Crippen molar-refractivity contribution in [1.82, 2.24) is 5.01 Å². The number of aryl methyl sites for hydroxylation is 2. The van der Waals surface area contributed by atoms with E-state index in [1.54, 1.807) is 12.1 Å². The Morgan fingerprint density at radius 2 is 1.76 bits per heavy atom. The molecule has 2 aromatic carbocycles. The van der Waals surface area contributed by atoms with Crippen LogP contribution < -0.4 is 4.74 Å². The molecule has 29 heavy (non-hydrogen) atoms. The van der Waals surface area contributed by atoms with Crippen LogP contribution in [0.5, 0.6) is 5.75 Å². The van der Waals surface area contributed by atoms with E-state index in [4.69, 9.17) is 4.74 Å². The van der Waals surface area contributed by atoms with Gasteiger partial charge in [0.25, 0.3) is 11.6 Å². The first-order valence-electron chi connectivity index (χ1n) is 8.66. The van der Waals surface area contributed by atoms with Gasteiger partial charge in [-0.1, -0.05) is 18.2 Å². The van der Waals surface area contributed by atoms with E-state index in [1.807, 2.05) is 19.9 Å². The second-order valence-electron chi connectivity index (χ2n) is 6.86. The average Bonchev–Trinajstić information content (AvgIpc) is 2.98. The number of hydrogen-bond donors (Lipinski definition) is 1. The molecule has 0 radical (unpaired) electrons. The number of carbonyl (C=O) groups excluding carboxylic acids is 1. The molecule has 9 heteroatoms. The highest BCUT2D eigenvalue weighted by Crippen LogP contribution is 2.41. The van der Waals surface area contributed by atoms with E-state index in [9.17, 15) is 27.5 Å². The Bertz CT molecular complexity index is 937. The van der Waals surface area contributed by atoms with Crippen LogP contribution in [-0.4, -0.2) is 40.2 Å². The van der Waals surface area contributed by atoms with Gasteiger partial charge in [0.1, 0.15) is 11.6 Å². The summed E-state index contributed by atoms with van der Waals surface area (Å²) >= 11 is 0. The molecule has 1 aliphatic rings. The second kappa shape index (κ2) is 7.47. The molecule has 1 N–H and O–H groups in total. The van der Waals surface area contributed by atoms with Gasteiger partial charge >= 0.3 is 6.18 Å². The molecule has 3 rings (SSSR count). The molecular weight excluding hydrogens is 392 g/mol. The third-order valence-corrected chi connectivity index (χ3v) is 4.41. The van der Waals surface area contributed by atoms with E-state index in [0.29, 0.717) is 5.75 Å². The fraction of sp³-hybridized carbons (Fsp3) is 0.300. The van der Waals surface area contributed by atoms with Crippen molar-refractivity contribution in [2.24, 2.45) is 5.10 Å². The van der Waals surface area contributed by atoms with Crippen molar-refractivity contribution < 1.29 is 32.2 Å². The summed E-state index contributed by atoms with van der Waals surface area (Å²) in [6.07, 6.45) is -6.13. The average molecular weight is 410 g/mol. The highest BCUT2D eigenvalue weighted by atomic mass is 19.4. The van der Waals surface area contributed by atoms with Crippen molar-refractivity contribution in [2.45, 2.75) is 32.2 Å². The Morgan fingerprint density at radius 1 is 1.17 bits per heavy atom. The molecule has 0 aromatic heterocycles. The van der Waals surface area contributed by atoms with Crippen molar-refractivity contribution in [2.75, 3.05) is 6.61 Å². The van der Waals surface area contributed by atoms with Gasteiger partial charge in [-0.15, -0.1) is 0 Å². The van der Waals surface area contributed by atoms with Crippen LogP contribution in [0.1, 0.15) is 23.1 Å². The Hall–Kier alpha value is -2.94. The van der Waals surface area contributed by atoms with E-state index >= 15 is 0 Å². The Labute approximate surface area is 164 Å². The highest BCUT2D eigenvalue weighted by molar-refractivity contribution is 6.03. The fourth-order valence-corrected chi connectivity index (χ4v) is 3.05. The Kier molecular flexibility index (Phi) is 5.36. The van der Waals surface area contributed by atoms with Crippen molar-refractivity contribution in [3.8, 4) is 5.75 Å². The Balaban J connectivity index is 1.85. The van der Waals surface area contributed by atoms with Gasteiger partial charge in [0.15, 0.2) is 6.61 Å². The first-order valence-corrected chi connectivity index (χ1v) is 8.66. The van der Waals surface area contributed by atoms with Crippen LogP contribution in [-0.2, 0) is 4.79 Å². The van der Waals surface area contributed by atoms with Crippen LogP contribution >= 0.6 is 0 Å². The zero-order valence-corrected chi connectivity index (χ0v) is 15.6. The largest absolute Gasteiger partial charge is 0.484 e. The highest BCUT2D eigenvalue weighted by Gasteiger charge is 2.63. The van der Waals surface area contributed by atoms with Gasteiger partial charge < -0.3 is 9.84 Å². The molecule has 0 fully saturated rings. The molecular formula is C20H18F4N2O3. The molecule has 5 nitrogen and oxygen atoms in total. The quantitative estimate of drug-likeness (QED) is 0.782. The van der Waals surface area contributed by atoms with E-state index in [-0.39, 0.29) is 16.3 Å². The van der Waals surface area contributed by atoms with Gasteiger partial charge in [0.05, 0.1) is 12.1 Å². The lowest BCUT2D eigenvalue weighted by Gasteiger charge is -2.32. The minimum Gasteiger partial charge on any atom is -0.484 e. The maximum Gasteiger partial charge on any atom is 0.438 e. The number of ether oxygens (including phenoxy) is 1. The summed E-state index contributed by atoms with van der Waals surface area (Å²) in [5.41, 5.74) is -1.82. The normalized spacial score (nSPS) is 19.3. The van der Waals surface area contributed by atoms with Crippen LogP contribution in [0.15, 0.2) is 47.6 Å². The molecule has 2 aromatic rings. The van der Waals surface area contributed by atoms with Gasteiger partial charge in [0, 0.05) is 0 Å². The first-order chi connectivity index (χ1) is 13.5. The number of aliphatic hydroxyl groups is 1. The topological polar surface area (TPSA) is 62.1 Å². The van der Waals surface area contributed by atoms with E-state index < -0.39 is 36.7 Å². The molecule has 0 aliphatic carbocycles. The summed E-state index contributed by atoms with van der Waals surface area (Å²) in [6, 6.07) is 9.70. The van der Waals surface area contributed by atoms with Crippen LogP contribution in [0.3, 0.4) is 0 Å². The maximum absolute atomic E-state index is 13.6. The minimum atomic E-state index is -5.16. The minimum absolute atomic E-state index is 0.00561. The lowest BCUT2D eigenvalue weighted by atomic mass is 10.0. The van der Waals surface area contributed by atoms with E-state index in [0.717, 1.165) is 23.3 Å². The van der Waals surface area contributed by atoms with Crippen molar-refractivity contribution in [3.05, 3.63) is 65.0 Å². The van der Waals surface area contributed by atoms with Crippen LogP contribution in [0.4, 0.5) is 17.6 Å². The van der Waals surface area contributed by atoms with Gasteiger partial charge in [-0.2, -0.15) is 23.3 Å². The molecule has 1 atom stereocenters. The molecule has 0 saturated carbocycles. The zero-order chi connectivity index (χ0) is 21.4. The van der Waals surface area contributed by atoms with E-state index in [1.165, 1.54) is 12.1 Å². The molecule has 0 saturated heterocycles. The number of hydrazone groups is 1. The molecule has 0 bridgehead atoms. The molecule has 0 spiro atoms. The van der Waals surface area contributed by atoms with Crippen molar-refractivity contribution in [1.29, 1.82) is 0 Å². The number of alkyl halides is 3. The number of halogens is 4. The fourth-order valence-electron chi connectivity index (χ4n) is 3.05. The second-order valence-corrected chi connectivity index (χ2v) is 6.86. The van der Waals surface area contributed by atoms with Crippen LogP contribution in [0.2, 0.25) is 0 Å². The smallest absolute Gasteiger partial charge is 0.438 e. The van der Waals surface area contributed by atoms with Gasteiger partial charge in [0.2, 0.25) is 0 Å². The summed E-state index contributed by atoms with van der Waals surface area (Å²) < 4.78 is 59.1. The van der Waals surface area contributed by atoms with E-state index in [2.05, 4.69) is 5.10 Å². The molecule has 154 valence electrons. The number of rotatable bonds is 4. The van der Waals surface area contributed by atoms with Gasteiger partial charge in [-0.05, 0) is 54.8 Å². The summed E-state index contributed by atoms with van der Waals surface area (Å²) in [6.45, 7) is 2.87. The number of amides is 1. The van der Waals surface area contributed by atoms with Crippen molar-refractivity contribution in [3.63, 3.8) is 0 Å². The molecule has 1 aliphatic heterocycles. The predicted octanol–water partition coefficient (Wildman–Crippen LogP) is 3.71. The maximum atomic E-state index is 13.6. The lowest BCUT2D eigenvalue weighted by Crippen LogP contribution is -2.57. The summed E-state index contributed by atoms with van der Waals surface area (Å²) in [5, 5.41) is 13.9. The summed E-state index contributed by atoms with van der Waals surface area (Å²) in [7, 11) is 0. The van der Waals surface area contributed by atoms with Gasteiger partial charge in [-0.25, -0.2) is 4.39 Å². The van der Waals surface area contributed by atoms with Gasteiger partial charge in [-0.3, -0.25) is 4.79 Å². The Morgan fingerprint density at radius 3 is 2.31 bits per heavy atom. The first kappa shape index (κ1) is 20.8. The monoisotopic (exact) mass is 410 g/mol. The third-order valence-electron chi connectivity index (χ3n) is 4.41. The lowest BCUT2D eigenvalue weighted by molar-refractivity contribution is -0.302. The standard InChI is InChI=1S/C20H18F4N2O3/c1-12-7-13(2)9-16(8-12)29-11-18(27)26-19(28,20(22,23)24)10-17(25-26)14-3-5-15(21)6-4-14/h3-9,28H,10-11H2,1-2H3.